The van der Waals surface area contributed by atoms with E-state index in [0.29, 0.717) is 5.69 Å². The number of nitrogens with zero attached hydrogens (tertiary/aromatic N) is 1. The van der Waals surface area contributed by atoms with Crippen molar-refractivity contribution in [2.75, 3.05) is 11.6 Å². The summed E-state index contributed by atoms with van der Waals surface area (Å²) in [7, 11) is 0. The summed E-state index contributed by atoms with van der Waals surface area (Å²) in [4.78, 5) is 1.01. The second-order valence-electron chi connectivity index (χ2n) is 3.76. The van der Waals surface area contributed by atoms with Crippen LogP contribution in [0.5, 0.6) is 0 Å². The van der Waals surface area contributed by atoms with E-state index in [1.165, 1.54) is 12.1 Å². The number of hydrogen-bond donors (Lipinski definition) is 1. The molecule has 0 heterocycles. The lowest BCUT2D eigenvalue weighted by atomic mass is 10.2. The van der Waals surface area contributed by atoms with Gasteiger partial charge in [-0.05, 0) is 36.6 Å². The maximum atomic E-state index is 13.7. The molecular formula is C14H10F2N2S. The average molecular weight is 276 g/mol. The topological polar surface area (TPSA) is 35.8 Å². The van der Waals surface area contributed by atoms with E-state index in [2.05, 4.69) is 5.32 Å². The Morgan fingerprint density at radius 1 is 1.16 bits per heavy atom. The van der Waals surface area contributed by atoms with Gasteiger partial charge < -0.3 is 5.32 Å². The van der Waals surface area contributed by atoms with E-state index >= 15 is 0 Å². The van der Waals surface area contributed by atoms with Gasteiger partial charge in [0.2, 0.25) is 0 Å². The van der Waals surface area contributed by atoms with Gasteiger partial charge in [0, 0.05) is 10.6 Å². The molecule has 96 valence electrons. The first-order chi connectivity index (χ1) is 9.15. The number of rotatable bonds is 3. The molecule has 0 fully saturated rings. The second kappa shape index (κ2) is 5.72. The normalized spacial score (nSPS) is 10.0. The smallest absolute Gasteiger partial charge is 0.183 e. The summed E-state index contributed by atoms with van der Waals surface area (Å²) < 4.78 is 27.2. The van der Waals surface area contributed by atoms with Crippen molar-refractivity contribution in [3.8, 4) is 6.07 Å². The predicted molar refractivity (Wildman–Crippen MR) is 72.6 cm³/mol. The molecule has 0 aliphatic rings. The molecule has 19 heavy (non-hydrogen) atoms. The van der Waals surface area contributed by atoms with Gasteiger partial charge in [-0.25, -0.2) is 8.78 Å². The molecule has 0 bridgehead atoms. The number of nitriles is 1. The minimum absolute atomic E-state index is 0.00903. The molecule has 2 rings (SSSR count). The molecule has 0 saturated heterocycles. The third-order valence-electron chi connectivity index (χ3n) is 2.55. The minimum atomic E-state index is -1.13. The maximum absolute atomic E-state index is 13.7. The lowest BCUT2D eigenvalue weighted by Gasteiger charge is -2.09. The molecule has 0 aliphatic heterocycles. The van der Waals surface area contributed by atoms with Crippen LogP contribution >= 0.6 is 11.8 Å². The zero-order valence-corrected chi connectivity index (χ0v) is 10.9. The lowest BCUT2D eigenvalue weighted by Crippen LogP contribution is -1.98. The van der Waals surface area contributed by atoms with Crippen molar-refractivity contribution in [2.45, 2.75) is 4.90 Å². The zero-order chi connectivity index (χ0) is 13.8. The number of nitrogens with one attached hydrogen (secondary N) is 1. The summed E-state index contributed by atoms with van der Waals surface area (Å²) in [6, 6.07) is 11.5. The van der Waals surface area contributed by atoms with Crippen molar-refractivity contribution >= 4 is 23.1 Å². The molecule has 0 amide bonds. The highest BCUT2D eigenvalue weighted by Crippen LogP contribution is 2.26. The molecule has 0 aromatic heterocycles. The number of anilines is 2. The molecule has 0 saturated carbocycles. The SMILES string of the molecule is CSc1cccc(Nc2ccc(C#N)c(F)c2F)c1. The molecule has 2 aromatic carbocycles. The van der Waals surface area contributed by atoms with Gasteiger partial charge in [-0.3, -0.25) is 0 Å². The molecule has 0 aliphatic carbocycles. The lowest BCUT2D eigenvalue weighted by molar-refractivity contribution is 0.509. The van der Waals surface area contributed by atoms with Crippen LogP contribution in [0.15, 0.2) is 41.3 Å². The van der Waals surface area contributed by atoms with Gasteiger partial charge in [0.1, 0.15) is 6.07 Å². The Balaban J connectivity index is 2.34. The van der Waals surface area contributed by atoms with Gasteiger partial charge in [-0.1, -0.05) is 6.07 Å². The Morgan fingerprint density at radius 2 is 1.95 bits per heavy atom. The average Bonchev–Trinajstić information content (AvgIpc) is 2.44. The number of hydrogen-bond acceptors (Lipinski definition) is 3. The van der Waals surface area contributed by atoms with E-state index in [-0.39, 0.29) is 11.3 Å². The third kappa shape index (κ3) is 2.85. The maximum Gasteiger partial charge on any atom is 0.183 e. The Labute approximate surface area is 114 Å². The first-order valence-electron chi connectivity index (χ1n) is 5.45. The van der Waals surface area contributed by atoms with E-state index in [9.17, 15) is 8.78 Å². The Bertz CT molecular complexity index is 650. The van der Waals surface area contributed by atoms with Crippen LogP contribution in [0.2, 0.25) is 0 Å². The predicted octanol–water partition coefficient (Wildman–Crippen LogP) is 4.30. The Kier molecular flexibility index (Phi) is 4.03. The molecule has 2 aromatic rings. The van der Waals surface area contributed by atoms with Crippen LogP contribution in [0.4, 0.5) is 20.2 Å². The fourth-order valence-electron chi connectivity index (χ4n) is 1.59. The number of benzene rings is 2. The van der Waals surface area contributed by atoms with Crippen molar-refractivity contribution in [3.63, 3.8) is 0 Å². The monoisotopic (exact) mass is 276 g/mol. The zero-order valence-electron chi connectivity index (χ0n) is 10.1. The molecule has 1 N–H and O–H groups in total. The standard InChI is InChI=1S/C14H10F2N2S/c1-19-11-4-2-3-10(7-11)18-12-6-5-9(8-17)13(15)14(12)16/h2-7,18H,1H3. The van der Waals surface area contributed by atoms with Crippen LogP contribution in [0.3, 0.4) is 0 Å². The highest BCUT2D eigenvalue weighted by Gasteiger charge is 2.13. The summed E-state index contributed by atoms with van der Waals surface area (Å²) in [5, 5.41) is 11.4. The fraction of sp³-hybridized carbons (Fsp3) is 0.0714. The van der Waals surface area contributed by atoms with Crippen molar-refractivity contribution < 1.29 is 8.78 Å². The van der Waals surface area contributed by atoms with Crippen molar-refractivity contribution in [2.24, 2.45) is 0 Å². The summed E-state index contributed by atoms with van der Waals surface area (Å²) in [5.74, 6) is -2.18. The highest BCUT2D eigenvalue weighted by atomic mass is 32.2. The van der Waals surface area contributed by atoms with Crippen LogP contribution in [0, 0.1) is 23.0 Å². The van der Waals surface area contributed by atoms with Crippen molar-refractivity contribution in [1.82, 2.24) is 0 Å². The fourth-order valence-corrected chi connectivity index (χ4v) is 2.05. The second-order valence-corrected chi connectivity index (χ2v) is 4.64. The quantitative estimate of drug-likeness (QED) is 0.849. The summed E-state index contributed by atoms with van der Waals surface area (Å²) in [5.41, 5.74) is 0.366. The molecule has 0 radical (unpaired) electrons. The molecule has 0 spiro atoms. The van der Waals surface area contributed by atoms with E-state index in [0.717, 1.165) is 4.90 Å². The van der Waals surface area contributed by atoms with Crippen LogP contribution in [-0.4, -0.2) is 6.26 Å². The minimum Gasteiger partial charge on any atom is -0.353 e. The van der Waals surface area contributed by atoms with Crippen molar-refractivity contribution in [3.05, 3.63) is 53.6 Å². The van der Waals surface area contributed by atoms with E-state index in [4.69, 9.17) is 5.26 Å². The Hall–Kier alpha value is -2.06. The molecule has 2 nitrogen and oxygen atoms in total. The number of thioether (sulfide) groups is 1. The van der Waals surface area contributed by atoms with Gasteiger partial charge in [0.15, 0.2) is 11.6 Å². The van der Waals surface area contributed by atoms with Crippen LogP contribution in [0.1, 0.15) is 5.56 Å². The van der Waals surface area contributed by atoms with Crippen LogP contribution in [-0.2, 0) is 0 Å². The van der Waals surface area contributed by atoms with Crippen LogP contribution in [0.25, 0.3) is 0 Å². The summed E-state index contributed by atoms with van der Waals surface area (Å²) >= 11 is 1.56. The van der Waals surface area contributed by atoms with E-state index in [1.807, 2.05) is 24.5 Å². The molecule has 5 heteroatoms. The summed E-state index contributed by atoms with van der Waals surface area (Å²) in [6.45, 7) is 0. The number of halogens is 2. The van der Waals surface area contributed by atoms with Gasteiger partial charge in [-0.15, -0.1) is 11.8 Å². The van der Waals surface area contributed by atoms with E-state index in [1.54, 1.807) is 23.9 Å². The van der Waals surface area contributed by atoms with Gasteiger partial charge in [0.05, 0.1) is 11.3 Å². The molecule has 0 unspecified atom stereocenters. The van der Waals surface area contributed by atoms with Gasteiger partial charge >= 0.3 is 0 Å². The Morgan fingerprint density at radius 3 is 2.63 bits per heavy atom. The van der Waals surface area contributed by atoms with Crippen molar-refractivity contribution in [1.29, 1.82) is 5.26 Å². The molecular weight excluding hydrogens is 266 g/mol. The summed E-state index contributed by atoms with van der Waals surface area (Å²) in [6.07, 6.45) is 1.93. The van der Waals surface area contributed by atoms with Gasteiger partial charge in [-0.2, -0.15) is 5.26 Å². The van der Waals surface area contributed by atoms with Crippen LogP contribution < -0.4 is 5.32 Å². The van der Waals surface area contributed by atoms with Gasteiger partial charge in [0.25, 0.3) is 0 Å². The van der Waals surface area contributed by atoms with E-state index < -0.39 is 11.6 Å². The molecule has 0 atom stereocenters. The third-order valence-corrected chi connectivity index (χ3v) is 3.28. The largest absolute Gasteiger partial charge is 0.353 e. The highest BCUT2D eigenvalue weighted by molar-refractivity contribution is 7.98. The first-order valence-corrected chi connectivity index (χ1v) is 6.67. The first kappa shape index (κ1) is 13.4.